The van der Waals surface area contributed by atoms with Crippen LogP contribution in [-0.4, -0.2) is 41.6 Å². The van der Waals surface area contributed by atoms with Gasteiger partial charge in [-0.05, 0) is 80.4 Å². The van der Waals surface area contributed by atoms with E-state index >= 15 is 0 Å². The predicted octanol–water partition coefficient (Wildman–Crippen LogP) is 6.53. The number of nitrogens with zero attached hydrogens (tertiary/aromatic N) is 2. The van der Waals surface area contributed by atoms with E-state index in [2.05, 4.69) is 59.4 Å². The maximum Gasteiger partial charge on any atom is 0.308 e. The number of rotatable bonds is 10. The standard InChI is InChI=1S/C31H38N2O3/c1-22(2)30(34)36-31(20-26-11-12-27(31)19-28(26)24-9-5-4-6-10-24)14-16-33(3)15-7-8-23-18-25-13-17-35-29(25)32-21-23/h4-6,9-10,13,17-19,21-22,26-27H,7-8,11-12,14-16,20H2,1-3H3/t26-,27-,31+/m0/s1. The first-order valence-electron chi connectivity index (χ1n) is 13.4. The van der Waals surface area contributed by atoms with Gasteiger partial charge >= 0.3 is 5.97 Å². The normalized spacial score (nSPS) is 23.4. The molecule has 6 rings (SSSR count). The highest BCUT2D eigenvalue weighted by atomic mass is 16.6. The van der Waals surface area contributed by atoms with Gasteiger partial charge in [-0.2, -0.15) is 0 Å². The van der Waals surface area contributed by atoms with Crippen LogP contribution in [0.1, 0.15) is 57.1 Å². The summed E-state index contributed by atoms with van der Waals surface area (Å²) < 4.78 is 11.7. The van der Waals surface area contributed by atoms with E-state index < -0.39 is 5.60 Å². The number of fused-ring (bicyclic) bond motifs is 3. The molecule has 0 spiro atoms. The number of ether oxygens (including phenoxy) is 1. The van der Waals surface area contributed by atoms with Crippen molar-refractivity contribution in [1.29, 1.82) is 0 Å². The molecule has 1 fully saturated rings. The number of benzene rings is 1. The minimum Gasteiger partial charge on any atom is -0.458 e. The maximum atomic E-state index is 12.8. The molecule has 0 N–H and O–H groups in total. The van der Waals surface area contributed by atoms with Gasteiger partial charge in [-0.25, -0.2) is 4.98 Å². The number of aromatic nitrogens is 1. The molecule has 0 radical (unpaired) electrons. The van der Waals surface area contributed by atoms with E-state index in [4.69, 9.17) is 9.15 Å². The molecule has 3 aliphatic carbocycles. The first kappa shape index (κ1) is 24.8. The van der Waals surface area contributed by atoms with Gasteiger partial charge in [0, 0.05) is 30.5 Å². The number of furan rings is 1. The number of esters is 1. The van der Waals surface area contributed by atoms with E-state index in [9.17, 15) is 4.79 Å². The van der Waals surface area contributed by atoms with Gasteiger partial charge in [0.25, 0.3) is 0 Å². The minimum atomic E-state index is -0.396. The molecule has 0 unspecified atom stereocenters. The summed E-state index contributed by atoms with van der Waals surface area (Å²) in [4.78, 5) is 19.6. The first-order valence-corrected chi connectivity index (χ1v) is 13.4. The summed E-state index contributed by atoms with van der Waals surface area (Å²) in [6.45, 7) is 5.79. The zero-order valence-electron chi connectivity index (χ0n) is 21.8. The minimum absolute atomic E-state index is 0.0676. The molecule has 2 aromatic heterocycles. The van der Waals surface area contributed by atoms with E-state index in [0.717, 1.165) is 50.6 Å². The Kier molecular flexibility index (Phi) is 7.29. The molecule has 3 aromatic rings. The van der Waals surface area contributed by atoms with Gasteiger partial charge < -0.3 is 14.1 Å². The van der Waals surface area contributed by atoms with Crippen LogP contribution >= 0.6 is 0 Å². The zero-order chi connectivity index (χ0) is 25.1. The smallest absolute Gasteiger partial charge is 0.308 e. The molecule has 3 aliphatic rings. The Balaban J connectivity index is 1.23. The van der Waals surface area contributed by atoms with Gasteiger partial charge in [-0.3, -0.25) is 4.79 Å². The van der Waals surface area contributed by atoms with Crippen molar-refractivity contribution in [3.05, 3.63) is 72.1 Å². The van der Waals surface area contributed by atoms with Crippen LogP contribution in [-0.2, 0) is 16.0 Å². The summed E-state index contributed by atoms with van der Waals surface area (Å²) in [6.07, 6.45) is 12.2. The van der Waals surface area contributed by atoms with Crippen molar-refractivity contribution in [2.45, 2.75) is 58.0 Å². The third-order valence-corrected chi connectivity index (χ3v) is 8.08. The Morgan fingerprint density at radius 1 is 1.19 bits per heavy atom. The van der Waals surface area contributed by atoms with Crippen LogP contribution in [0, 0.1) is 17.8 Å². The highest BCUT2D eigenvalue weighted by molar-refractivity contribution is 5.74. The molecule has 1 saturated carbocycles. The summed E-state index contributed by atoms with van der Waals surface area (Å²) in [5, 5.41) is 1.06. The molecule has 36 heavy (non-hydrogen) atoms. The van der Waals surface area contributed by atoms with Crippen LogP contribution in [0.15, 0.2) is 65.4 Å². The number of pyridine rings is 1. The monoisotopic (exact) mass is 486 g/mol. The highest BCUT2D eigenvalue weighted by Crippen LogP contribution is 2.53. The van der Waals surface area contributed by atoms with Crippen LogP contribution in [0.3, 0.4) is 0 Å². The number of hydrogen-bond donors (Lipinski definition) is 0. The van der Waals surface area contributed by atoms with Crippen molar-refractivity contribution >= 4 is 22.6 Å². The zero-order valence-corrected chi connectivity index (χ0v) is 21.8. The average Bonchev–Trinajstić information content (AvgIpc) is 3.36. The number of carbonyl (C=O) groups excluding carboxylic acids is 1. The second-order valence-corrected chi connectivity index (χ2v) is 11.0. The van der Waals surface area contributed by atoms with Crippen LogP contribution in [0.5, 0.6) is 0 Å². The second-order valence-electron chi connectivity index (χ2n) is 11.0. The molecular formula is C31H38N2O3. The fourth-order valence-corrected chi connectivity index (χ4v) is 5.99. The van der Waals surface area contributed by atoms with Gasteiger partial charge in [0.2, 0.25) is 5.71 Å². The topological polar surface area (TPSA) is 55.6 Å². The lowest BCUT2D eigenvalue weighted by molar-refractivity contribution is -0.176. The van der Waals surface area contributed by atoms with Crippen LogP contribution in [0.25, 0.3) is 16.7 Å². The molecule has 2 bridgehead atoms. The van der Waals surface area contributed by atoms with Crippen molar-refractivity contribution in [2.75, 3.05) is 20.1 Å². The van der Waals surface area contributed by atoms with Gasteiger partial charge in [0.1, 0.15) is 5.60 Å². The summed E-state index contributed by atoms with van der Waals surface area (Å²) >= 11 is 0. The molecule has 0 amide bonds. The fraction of sp³-hybridized carbons (Fsp3) is 0.484. The van der Waals surface area contributed by atoms with E-state index in [1.165, 1.54) is 23.1 Å². The Bertz CT molecular complexity index is 1210. The summed E-state index contributed by atoms with van der Waals surface area (Å²) in [5.41, 5.74) is 4.30. The lowest BCUT2D eigenvalue weighted by Gasteiger charge is -2.50. The number of hydrogen-bond acceptors (Lipinski definition) is 5. The number of allylic oxidation sites excluding steroid dienone is 1. The van der Waals surface area contributed by atoms with Gasteiger partial charge in [-0.15, -0.1) is 0 Å². The van der Waals surface area contributed by atoms with Crippen molar-refractivity contribution in [1.82, 2.24) is 9.88 Å². The molecular weight excluding hydrogens is 448 g/mol. The highest BCUT2D eigenvalue weighted by Gasteiger charge is 2.50. The summed E-state index contributed by atoms with van der Waals surface area (Å²) in [5.74, 6) is 0.551. The fourth-order valence-electron chi connectivity index (χ4n) is 5.99. The molecule has 5 nitrogen and oxygen atoms in total. The van der Waals surface area contributed by atoms with Crippen molar-refractivity contribution in [2.24, 2.45) is 17.8 Å². The second kappa shape index (κ2) is 10.6. The van der Waals surface area contributed by atoms with Gasteiger partial charge in [0.15, 0.2) is 0 Å². The first-order chi connectivity index (χ1) is 17.4. The predicted molar refractivity (Wildman–Crippen MR) is 143 cm³/mol. The molecule has 2 heterocycles. The lowest BCUT2D eigenvalue weighted by atomic mass is 9.60. The quantitative estimate of drug-likeness (QED) is 0.305. The SMILES string of the molecule is CC(C)C(=O)O[C@]1(CCN(C)CCCc2cnc3occc3c2)C[C@@H]2CC[C@H]1C=C2c1ccccc1. The molecule has 5 heteroatoms. The van der Waals surface area contributed by atoms with Gasteiger partial charge in [-0.1, -0.05) is 50.3 Å². The Morgan fingerprint density at radius 2 is 2.03 bits per heavy atom. The Labute approximate surface area is 214 Å². The summed E-state index contributed by atoms with van der Waals surface area (Å²) in [7, 11) is 2.18. The third kappa shape index (κ3) is 5.27. The average molecular weight is 487 g/mol. The largest absolute Gasteiger partial charge is 0.458 e. The molecule has 3 atom stereocenters. The third-order valence-electron chi connectivity index (χ3n) is 8.08. The van der Waals surface area contributed by atoms with Crippen LogP contribution in [0.4, 0.5) is 0 Å². The number of carbonyl (C=O) groups is 1. The lowest BCUT2D eigenvalue weighted by Crippen LogP contribution is -2.51. The van der Waals surface area contributed by atoms with Crippen LogP contribution < -0.4 is 0 Å². The Morgan fingerprint density at radius 3 is 2.78 bits per heavy atom. The molecule has 190 valence electrons. The molecule has 1 aromatic carbocycles. The van der Waals surface area contributed by atoms with E-state index in [-0.39, 0.29) is 17.8 Å². The van der Waals surface area contributed by atoms with Crippen molar-refractivity contribution < 1.29 is 13.9 Å². The molecule has 0 aliphatic heterocycles. The number of aryl methyl sites for hydroxylation is 1. The van der Waals surface area contributed by atoms with Crippen LogP contribution in [0.2, 0.25) is 0 Å². The van der Waals surface area contributed by atoms with E-state index in [1.807, 2.05) is 26.1 Å². The summed E-state index contributed by atoms with van der Waals surface area (Å²) in [6, 6.07) is 14.9. The molecule has 0 saturated heterocycles. The Hall–Kier alpha value is -2.92. The van der Waals surface area contributed by atoms with Crippen molar-refractivity contribution in [3.8, 4) is 0 Å². The van der Waals surface area contributed by atoms with E-state index in [1.54, 1.807) is 6.26 Å². The van der Waals surface area contributed by atoms with E-state index in [0.29, 0.717) is 11.6 Å². The maximum absolute atomic E-state index is 12.8. The van der Waals surface area contributed by atoms with Crippen molar-refractivity contribution in [3.63, 3.8) is 0 Å². The van der Waals surface area contributed by atoms with Gasteiger partial charge in [0.05, 0.1) is 12.2 Å².